The van der Waals surface area contributed by atoms with E-state index in [-0.39, 0.29) is 0 Å². The fourth-order valence-corrected chi connectivity index (χ4v) is 3.55. The van der Waals surface area contributed by atoms with Crippen LogP contribution in [0.25, 0.3) is 10.9 Å². The quantitative estimate of drug-likeness (QED) is 0.915. The molecule has 4 heteroatoms. The summed E-state index contributed by atoms with van der Waals surface area (Å²) in [5, 5.41) is 10.4. The standard InChI is InChI=1S/C19H26N2O2/c1-14(2)21-13-16(12-20-9-5-3-4-6-10-20)17-8-7-15(19(22)23)11-18(17)21/h7-8,11,13-14H,3-6,9-10,12H2,1-2H3,(H,22,23). The minimum absolute atomic E-state index is 0.319. The van der Waals surface area contributed by atoms with Crippen molar-refractivity contribution in [1.82, 2.24) is 9.47 Å². The second-order valence-electron chi connectivity index (χ2n) is 6.88. The van der Waals surface area contributed by atoms with E-state index in [1.54, 1.807) is 6.07 Å². The molecule has 2 heterocycles. The van der Waals surface area contributed by atoms with Gasteiger partial charge in [0, 0.05) is 29.7 Å². The number of likely N-dealkylation sites (tertiary alicyclic amines) is 1. The number of fused-ring (bicyclic) bond motifs is 1. The predicted molar refractivity (Wildman–Crippen MR) is 93.0 cm³/mol. The van der Waals surface area contributed by atoms with Crippen LogP contribution in [-0.2, 0) is 6.54 Å². The van der Waals surface area contributed by atoms with Crippen LogP contribution in [0.3, 0.4) is 0 Å². The van der Waals surface area contributed by atoms with Crippen LogP contribution in [0.1, 0.15) is 61.5 Å². The molecule has 1 aliphatic heterocycles. The van der Waals surface area contributed by atoms with Crippen LogP contribution in [0.4, 0.5) is 0 Å². The van der Waals surface area contributed by atoms with Crippen molar-refractivity contribution in [2.24, 2.45) is 0 Å². The van der Waals surface area contributed by atoms with E-state index in [0.29, 0.717) is 11.6 Å². The molecule has 0 spiro atoms. The fraction of sp³-hybridized carbons (Fsp3) is 0.526. The van der Waals surface area contributed by atoms with E-state index in [1.807, 2.05) is 12.1 Å². The van der Waals surface area contributed by atoms with Gasteiger partial charge in [-0.05, 0) is 57.5 Å². The number of hydrogen-bond acceptors (Lipinski definition) is 2. The van der Waals surface area contributed by atoms with Crippen LogP contribution >= 0.6 is 0 Å². The fourth-order valence-electron chi connectivity index (χ4n) is 3.55. The molecule has 0 radical (unpaired) electrons. The number of nitrogens with zero attached hydrogens (tertiary/aromatic N) is 2. The number of aromatic carboxylic acids is 1. The number of carbonyl (C=O) groups is 1. The molecule has 0 amide bonds. The van der Waals surface area contributed by atoms with Crippen molar-refractivity contribution in [3.63, 3.8) is 0 Å². The van der Waals surface area contributed by atoms with Gasteiger partial charge >= 0.3 is 5.97 Å². The van der Waals surface area contributed by atoms with Gasteiger partial charge in [-0.3, -0.25) is 4.90 Å². The second-order valence-corrected chi connectivity index (χ2v) is 6.88. The molecule has 23 heavy (non-hydrogen) atoms. The molecule has 1 N–H and O–H groups in total. The third kappa shape index (κ3) is 3.42. The van der Waals surface area contributed by atoms with Gasteiger partial charge in [-0.25, -0.2) is 4.79 Å². The first kappa shape index (κ1) is 16.1. The molecular weight excluding hydrogens is 288 g/mol. The van der Waals surface area contributed by atoms with Crippen molar-refractivity contribution in [3.8, 4) is 0 Å². The van der Waals surface area contributed by atoms with Crippen molar-refractivity contribution in [2.45, 2.75) is 52.1 Å². The number of carboxylic acid groups (broad SMARTS) is 1. The lowest BCUT2D eigenvalue weighted by atomic mass is 10.1. The molecule has 0 saturated carbocycles. The summed E-state index contributed by atoms with van der Waals surface area (Å²) < 4.78 is 2.20. The van der Waals surface area contributed by atoms with Crippen LogP contribution in [0.15, 0.2) is 24.4 Å². The predicted octanol–water partition coefficient (Wildman–Crippen LogP) is 4.30. The Morgan fingerprint density at radius 3 is 2.48 bits per heavy atom. The lowest BCUT2D eigenvalue weighted by molar-refractivity contribution is 0.0697. The van der Waals surface area contributed by atoms with Crippen molar-refractivity contribution < 1.29 is 9.90 Å². The molecule has 1 saturated heterocycles. The van der Waals surface area contributed by atoms with E-state index < -0.39 is 5.97 Å². The van der Waals surface area contributed by atoms with Gasteiger partial charge in [0.1, 0.15) is 0 Å². The SMILES string of the molecule is CC(C)n1cc(CN2CCCCCC2)c2ccc(C(=O)O)cc21. The lowest BCUT2D eigenvalue weighted by Crippen LogP contribution is -2.23. The Bertz CT molecular complexity index is 695. The van der Waals surface area contributed by atoms with Crippen molar-refractivity contribution >= 4 is 16.9 Å². The largest absolute Gasteiger partial charge is 0.478 e. The Morgan fingerprint density at radius 1 is 1.17 bits per heavy atom. The zero-order valence-corrected chi connectivity index (χ0v) is 14.1. The molecule has 3 rings (SSSR count). The number of hydrogen-bond donors (Lipinski definition) is 1. The topological polar surface area (TPSA) is 45.5 Å². The minimum Gasteiger partial charge on any atom is -0.478 e. The summed E-state index contributed by atoms with van der Waals surface area (Å²) in [6, 6.07) is 5.83. The Labute approximate surface area is 137 Å². The Morgan fingerprint density at radius 2 is 1.87 bits per heavy atom. The third-order valence-electron chi connectivity index (χ3n) is 4.81. The van der Waals surface area contributed by atoms with Gasteiger partial charge in [0.05, 0.1) is 5.56 Å². The Hall–Kier alpha value is -1.81. The first-order valence-electron chi connectivity index (χ1n) is 8.65. The summed E-state index contributed by atoms with van der Waals surface area (Å²) in [4.78, 5) is 13.8. The molecule has 0 aliphatic carbocycles. The van der Waals surface area contributed by atoms with Crippen molar-refractivity contribution in [1.29, 1.82) is 0 Å². The number of benzene rings is 1. The average molecular weight is 314 g/mol. The molecule has 1 aromatic carbocycles. The summed E-state index contributed by atoms with van der Waals surface area (Å²) in [5.74, 6) is -0.863. The second kappa shape index (κ2) is 6.75. The summed E-state index contributed by atoms with van der Waals surface area (Å²) in [6.07, 6.45) is 7.46. The molecule has 1 fully saturated rings. The molecular formula is C19H26N2O2. The smallest absolute Gasteiger partial charge is 0.335 e. The van der Waals surface area contributed by atoms with Crippen LogP contribution in [-0.4, -0.2) is 33.6 Å². The van der Waals surface area contributed by atoms with E-state index in [0.717, 1.165) is 12.1 Å². The van der Waals surface area contributed by atoms with Crippen molar-refractivity contribution in [2.75, 3.05) is 13.1 Å². The monoisotopic (exact) mass is 314 g/mol. The maximum Gasteiger partial charge on any atom is 0.335 e. The summed E-state index contributed by atoms with van der Waals surface area (Å²) >= 11 is 0. The van der Waals surface area contributed by atoms with Gasteiger partial charge in [0.2, 0.25) is 0 Å². The first-order chi connectivity index (χ1) is 11.1. The molecule has 0 bridgehead atoms. The van der Waals surface area contributed by atoms with Gasteiger partial charge in [-0.15, -0.1) is 0 Å². The van der Waals surface area contributed by atoms with E-state index in [9.17, 15) is 9.90 Å². The maximum absolute atomic E-state index is 11.3. The Kier molecular flexibility index (Phi) is 4.71. The molecule has 0 atom stereocenters. The normalized spacial score (nSPS) is 16.8. The molecule has 0 unspecified atom stereocenters. The highest BCUT2D eigenvalue weighted by molar-refractivity contribution is 5.94. The van der Waals surface area contributed by atoms with Gasteiger partial charge < -0.3 is 9.67 Å². The number of aromatic nitrogens is 1. The van der Waals surface area contributed by atoms with E-state index in [1.165, 1.54) is 49.7 Å². The highest BCUT2D eigenvalue weighted by atomic mass is 16.4. The van der Waals surface area contributed by atoms with Crippen LogP contribution < -0.4 is 0 Å². The van der Waals surface area contributed by atoms with Crippen LogP contribution in [0.2, 0.25) is 0 Å². The van der Waals surface area contributed by atoms with Gasteiger partial charge in [0.15, 0.2) is 0 Å². The summed E-state index contributed by atoms with van der Waals surface area (Å²) in [5.41, 5.74) is 2.70. The highest BCUT2D eigenvalue weighted by Crippen LogP contribution is 2.27. The van der Waals surface area contributed by atoms with Gasteiger partial charge in [-0.2, -0.15) is 0 Å². The maximum atomic E-state index is 11.3. The summed E-state index contributed by atoms with van der Waals surface area (Å²) in [6.45, 7) is 7.58. The van der Waals surface area contributed by atoms with Gasteiger partial charge in [-0.1, -0.05) is 18.9 Å². The molecule has 124 valence electrons. The molecule has 1 aromatic heterocycles. The van der Waals surface area contributed by atoms with E-state index in [2.05, 4.69) is 29.5 Å². The summed E-state index contributed by atoms with van der Waals surface area (Å²) in [7, 11) is 0. The Balaban J connectivity index is 1.98. The zero-order chi connectivity index (χ0) is 16.4. The highest BCUT2D eigenvalue weighted by Gasteiger charge is 2.16. The average Bonchev–Trinajstić information content (AvgIpc) is 2.69. The number of rotatable bonds is 4. The molecule has 4 nitrogen and oxygen atoms in total. The van der Waals surface area contributed by atoms with E-state index in [4.69, 9.17) is 0 Å². The van der Waals surface area contributed by atoms with Gasteiger partial charge in [0.25, 0.3) is 0 Å². The van der Waals surface area contributed by atoms with Crippen LogP contribution in [0.5, 0.6) is 0 Å². The van der Waals surface area contributed by atoms with Crippen molar-refractivity contribution in [3.05, 3.63) is 35.5 Å². The lowest BCUT2D eigenvalue weighted by Gasteiger charge is -2.19. The van der Waals surface area contributed by atoms with E-state index >= 15 is 0 Å². The van der Waals surface area contributed by atoms with Crippen LogP contribution in [0, 0.1) is 0 Å². The third-order valence-corrected chi connectivity index (χ3v) is 4.81. The zero-order valence-electron chi connectivity index (χ0n) is 14.1. The minimum atomic E-state index is -0.863. The first-order valence-corrected chi connectivity index (χ1v) is 8.65. The molecule has 1 aliphatic rings. The molecule has 2 aromatic rings. The number of carboxylic acids is 1.